The Morgan fingerprint density at radius 1 is 0.967 bits per heavy atom. The summed E-state index contributed by atoms with van der Waals surface area (Å²) in [4.78, 5) is 28.7. The average molecular weight is 410 g/mol. The van der Waals surface area contributed by atoms with Crippen LogP contribution in [-0.2, 0) is 4.79 Å². The smallest absolute Gasteiger partial charge is 0.255 e. The average Bonchev–Trinajstić information content (AvgIpc) is 2.75. The summed E-state index contributed by atoms with van der Waals surface area (Å²) in [6.45, 7) is 9.14. The molecule has 0 aromatic heterocycles. The molecule has 1 saturated heterocycles. The largest absolute Gasteiger partial charge is 0.491 e. The lowest BCUT2D eigenvalue weighted by Gasteiger charge is -2.36. The maximum atomic E-state index is 12.5. The van der Waals surface area contributed by atoms with Crippen LogP contribution >= 0.6 is 0 Å². The SMILES string of the molecule is CCCC(=O)N1CCN(c2ccc(NC(=O)c3ccc(OC(C)C)cc3)cc2)CC1. The lowest BCUT2D eigenvalue weighted by molar-refractivity contribution is -0.131. The van der Waals surface area contributed by atoms with Crippen LogP contribution in [0.1, 0.15) is 44.0 Å². The van der Waals surface area contributed by atoms with Gasteiger partial charge in [0, 0.05) is 49.5 Å². The van der Waals surface area contributed by atoms with Crippen LogP contribution in [0.25, 0.3) is 0 Å². The van der Waals surface area contributed by atoms with Gasteiger partial charge in [0.15, 0.2) is 0 Å². The van der Waals surface area contributed by atoms with Crippen molar-refractivity contribution in [2.24, 2.45) is 0 Å². The molecule has 6 heteroatoms. The van der Waals surface area contributed by atoms with Gasteiger partial charge in [-0.3, -0.25) is 9.59 Å². The van der Waals surface area contributed by atoms with Crippen LogP contribution in [0.3, 0.4) is 0 Å². The number of nitrogens with zero attached hydrogens (tertiary/aromatic N) is 2. The van der Waals surface area contributed by atoms with Crippen molar-refractivity contribution in [2.45, 2.75) is 39.7 Å². The Balaban J connectivity index is 1.53. The lowest BCUT2D eigenvalue weighted by Crippen LogP contribution is -2.48. The highest BCUT2D eigenvalue weighted by Crippen LogP contribution is 2.21. The van der Waals surface area contributed by atoms with Crippen molar-refractivity contribution in [1.82, 2.24) is 4.90 Å². The summed E-state index contributed by atoms with van der Waals surface area (Å²) < 4.78 is 5.61. The molecule has 3 rings (SSSR count). The van der Waals surface area contributed by atoms with E-state index in [4.69, 9.17) is 4.74 Å². The predicted octanol–water partition coefficient (Wildman–Crippen LogP) is 4.17. The van der Waals surface area contributed by atoms with Crippen molar-refractivity contribution in [3.8, 4) is 5.75 Å². The second kappa shape index (κ2) is 10.1. The molecule has 0 atom stereocenters. The summed E-state index contributed by atoms with van der Waals surface area (Å²) in [7, 11) is 0. The summed E-state index contributed by atoms with van der Waals surface area (Å²) in [6.07, 6.45) is 1.62. The molecule has 1 aliphatic rings. The van der Waals surface area contributed by atoms with Crippen LogP contribution in [0.15, 0.2) is 48.5 Å². The van der Waals surface area contributed by atoms with E-state index in [1.54, 1.807) is 12.1 Å². The minimum absolute atomic E-state index is 0.1000. The van der Waals surface area contributed by atoms with Crippen molar-refractivity contribution in [1.29, 1.82) is 0 Å². The number of hydrogen-bond acceptors (Lipinski definition) is 4. The topological polar surface area (TPSA) is 61.9 Å². The second-order valence-electron chi connectivity index (χ2n) is 7.81. The van der Waals surface area contributed by atoms with Crippen molar-refractivity contribution in [2.75, 3.05) is 36.4 Å². The van der Waals surface area contributed by atoms with Gasteiger partial charge in [-0.25, -0.2) is 0 Å². The molecule has 30 heavy (non-hydrogen) atoms. The minimum Gasteiger partial charge on any atom is -0.491 e. The summed E-state index contributed by atoms with van der Waals surface area (Å²) in [5.74, 6) is 0.850. The van der Waals surface area contributed by atoms with E-state index in [1.807, 2.05) is 62.1 Å². The molecule has 1 fully saturated rings. The van der Waals surface area contributed by atoms with E-state index in [0.29, 0.717) is 12.0 Å². The summed E-state index contributed by atoms with van der Waals surface area (Å²) in [6, 6.07) is 15.0. The first kappa shape index (κ1) is 21.7. The van der Waals surface area contributed by atoms with Crippen LogP contribution in [-0.4, -0.2) is 49.0 Å². The van der Waals surface area contributed by atoms with Gasteiger partial charge in [-0.2, -0.15) is 0 Å². The molecule has 2 aromatic rings. The monoisotopic (exact) mass is 409 g/mol. The molecule has 160 valence electrons. The number of piperazine rings is 1. The third-order valence-electron chi connectivity index (χ3n) is 5.07. The van der Waals surface area contributed by atoms with Crippen LogP contribution in [0.4, 0.5) is 11.4 Å². The second-order valence-corrected chi connectivity index (χ2v) is 7.81. The van der Waals surface area contributed by atoms with Gasteiger partial charge in [0.05, 0.1) is 6.10 Å². The number of carbonyl (C=O) groups is 2. The number of rotatable bonds is 7. The number of benzene rings is 2. The van der Waals surface area contributed by atoms with Crippen LogP contribution in [0.2, 0.25) is 0 Å². The fraction of sp³-hybridized carbons (Fsp3) is 0.417. The summed E-state index contributed by atoms with van der Waals surface area (Å²) in [5.41, 5.74) is 2.44. The maximum absolute atomic E-state index is 12.5. The number of amides is 2. The highest BCUT2D eigenvalue weighted by Gasteiger charge is 2.20. The van der Waals surface area contributed by atoms with E-state index in [9.17, 15) is 9.59 Å². The normalized spacial score (nSPS) is 14.0. The van der Waals surface area contributed by atoms with Gasteiger partial charge in [0.25, 0.3) is 5.91 Å². The molecule has 0 saturated carbocycles. The Morgan fingerprint density at radius 2 is 1.60 bits per heavy atom. The van der Waals surface area contributed by atoms with Gasteiger partial charge in [0.2, 0.25) is 5.91 Å². The predicted molar refractivity (Wildman–Crippen MR) is 120 cm³/mol. The number of anilines is 2. The fourth-order valence-corrected chi connectivity index (χ4v) is 3.50. The zero-order chi connectivity index (χ0) is 21.5. The van der Waals surface area contributed by atoms with Crippen molar-refractivity contribution in [3.05, 3.63) is 54.1 Å². The first-order valence-electron chi connectivity index (χ1n) is 10.7. The van der Waals surface area contributed by atoms with Gasteiger partial charge in [-0.15, -0.1) is 0 Å². The molecule has 1 aliphatic heterocycles. The minimum atomic E-state index is -0.151. The Hall–Kier alpha value is -3.02. The molecule has 6 nitrogen and oxygen atoms in total. The van der Waals surface area contributed by atoms with Gasteiger partial charge in [-0.1, -0.05) is 6.92 Å². The third-order valence-corrected chi connectivity index (χ3v) is 5.07. The molecule has 0 spiro atoms. The number of ether oxygens (including phenoxy) is 1. The fourth-order valence-electron chi connectivity index (χ4n) is 3.50. The molecule has 0 unspecified atom stereocenters. The van der Waals surface area contributed by atoms with Crippen molar-refractivity contribution >= 4 is 23.2 Å². The quantitative estimate of drug-likeness (QED) is 0.745. The van der Waals surface area contributed by atoms with E-state index in [-0.39, 0.29) is 17.9 Å². The molecule has 2 aromatic carbocycles. The molecule has 0 radical (unpaired) electrons. The summed E-state index contributed by atoms with van der Waals surface area (Å²) in [5, 5.41) is 2.93. The molecular weight excluding hydrogens is 378 g/mol. The van der Waals surface area contributed by atoms with Crippen LogP contribution in [0, 0.1) is 0 Å². The first-order valence-corrected chi connectivity index (χ1v) is 10.7. The van der Waals surface area contributed by atoms with Gasteiger partial charge in [-0.05, 0) is 68.8 Å². The number of carbonyl (C=O) groups excluding carboxylic acids is 2. The molecule has 1 N–H and O–H groups in total. The Kier molecular flexibility index (Phi) is 7.33. The van der Waals surface area contributed by atoms with Crippen LogP contribution < -0.4 is 15.0 Å². The van der Waals surface area contributed by atoms with E-state index in [0.717, 1.165) is 49.7 Å². The summed E-state index contributed by atoms with van der Waals surface area (Å²) >= 11 is 0. The van der Waals surface area contributed by atoms with E-state index < -0.39 is 0 Å². The molecular formula is C24H31N3O3. The Labute approximate surface area is 178 Å². The van der Waals surface area contributed by atoms with Gasteiger partial charge in [0.1, 0.15) is 5.75 Å². The van der Waals surface area contributed by atoms with Crippen molar-refractivity contribution < 1.29 is 14.3 Å². The molecule has 2 amide bonds. The van der Waals surface area contributed by atoms with E-state index in [2.05, 4.69) is 10.2 Å². The zero-order valence-electron chi connectivity index (χ0n) is 18.1. The number of hydrogen-bond donors (Lipinski definition) is 1. The van der Waals surface area contributed by atoms with Crippen molar-refractivity contribution in [3.63, 3.8) is 0 Å². The molecule has 0 aliphatic carbocycles. The molecule has 1 heterocycles. The zero-order valence-corrected chi connectivity index (χ0v) is 18.1. The highest BCUT2D eigenvalue weighted by molar-refractivity contribution is 6.04. The number of nitrogens with one attached hydrogen (secondary N) is 1. The van der Waals surface area contributed by atoms with E-state index in [1.165, 1.54) is 0 Å². The van der Waals surface area contributed by atoms with Gasteiger partial charge < -0.3 is 19.9 Å². The third kappa shape index (κ3) is 5.75. The van der Waals surface area contributed by atoms with Crippen LogP contribution in [0.5, 0.6) is 5.75 Å². The Morgan fingerprint density at radius 3 is 2.17 bits per heavy atom. The first-order chi connectivity index (χ1) is 14.5. The standard InChI is InChI=1S/C24H31N3O3/c1-4-5-23(28)27-16-14-26(15-17-27)21-10-8-20(9-11-21)25-24(29)19-6-12-22(13-7-19)30-18(2)3/h6-13,18H,4-5,14-17H2,1-3H3,(H,25,29). The lowest BCUT2D eigenvalue weighted by atomic mass is 10.2. The van der Waals surface area contributed by atoms with E-state index >= 15 is 0 Å². The maximum Gasteiger partial charge on any atom is 0.255 e. The highest BCUT2D eigenvalue weighted by atomic mass is 16.5. The van der Waals surface area contributed by atoms with Gasteiger partial charge >= 0.3 is 0 Å². The Bertz CT molecular complexity index is 839. The molecule has 0 bridgehead atoms.